The number of benzene rings is 2. The first-order valence-corrected chi connectivity index (χ1v) is 15.4. The minimum Gasteiger partial charge on any atom is -0.489 e. The fourth-order valence-electron chi connectivity index (χ4n) is 6.71. The second-order valence-electron chi connectivity index (χ2n) is 11.8. The molecule has 2 amide bonds. The predicted octanol–water partition coefficient (Wildman–Crippen LogP) is 4.47. The minimum absolute atomic E-state index is 0. The molecule has 0 radical (unpaired) electrons. The van der Waals surface area contributed by atoms with Crippen LogP contribution >= 0.6 is 24.8 Å². The van der Waals surface area contributed by atoms with Crippen molar-refractivity contribution in [1.82, 2.24) is 20.4 Å². The summed E-state index contributed by atoms with van der Waals surface area (Å²) in [4.78, 5) is 32.6. The lowest BCUT2D eigenvalue weighted by atomic mass is 9.83. The van der Waals surface area contributed by atoms with Crippen LogP contribution in [0.15, 0.2) is 36.4 Å². The fourth-order valence-corrected chi connectivity index (χ4v) is 6.71. The van der Waals surface area contributed by atoms with Crippen molar-refractivity contribution in [2.45, 2.75) is 50.5 Å². The van der Waals surface area contributed by atoms with Crippen LogP contribution in [0.25, 0.3) is 0 Å². The molecule has 1 aliphatic carbocycles. The quantitative estimate of drug-likeness (QED) is 0.488. The highest BCUT2D eigenvalue weighted by Gasteiger charge is 2.29. The first-order valence-electron chi connectivity index (χ1n) is 15.4. The Morgan fingerprint density at radius 2 is 1.42 bits per heavy atom. The Balaban J connectivity index is 0.00000212. The maximum atomic E-state index is 14.5. The second-order valence-corrected chi connectivity index (χ2v) is 11.8. The van der Waals surface area contributed by atoms with Gasteiger partial charge in [0.25, 0.3) is 11.8 Å². The van der Waals surface area contributed by atoms with Crippen molar-refractivity contribution in [2.24, 2.45) is 0 Å². The normalized spacial score (nSPS) is 21.1. The van der Waals surface area contributed by atoms with Gasteiger partial charge in [0.15, 0.2) is 0 Å². The molecule has 0 aromatic heterocycles. The highest BCUT2D eigenvalue weighted by atomic mass is 35.5. The summed E-state index contributed by atoms with van der Waals surface area (Å²) in [6, 6.07) is 10.6. The molecule has 0 unspecified atom stereocenters. The van der Waals surface area contributed by atoms with Crippen molar-refractivity contribution in [3.8, 4) is 5.75 Å². The van der Waals surface area contributed by atoms with Crippen LogP contribution in [0.5, 0.6) is 5.75 Å². The number of nitrogens with zero attached hydrogens (tertiary/aromatic N) is 3. The molecule has 4 fully saturated rings. The summed E-state index contributed by atoms with van der Waals surface area (Å²) < 4.78 is 20.9. The number of nitrogens with one attached hydrogen (secondary N) is 2. The number of carbonyl (C=O) groups is 2. The molecule has 6 rings (SSSR count). The van der Waals surface area contributed by atoms with E-state index in [2.05, 4.69) is 21.6 Å². The Labute approximate surface area is 266 Å². The van der Waals surface area contributed by atoms with Crippen LogP contribution < -0.4 is 20.3 Å². The third kappa shape index (κ3) is 7.93. The molecule has 236 valence electrons. The van der Waals surface area contributed by atoms with Gasteiger partial charge in [0.1, 0.15) is 17.7 Å². The summed E-state index contributed by atoms with van der Waals surface area (Å²) in [7, 11) is 0. The van der Waals surface area contributed by atoms with Gasteiger partial charge >= 0.3 is 0 Å². The Morgan fingerprint density at radius 1 is 0.744 bits per heavy atom. The van der Waals surface area contributed by atoms with Crippen LogP contribution in [0, 0.1) is 5.82 Å². The molecule has 2 N–H and O–H groups in total. The molecule has 3 heterocycles. The molecule has 3 saturated heterocycles. The van der Waals surface area contributed by atoms with Crippen LogP contribution in [0.3, 0.4) is 0 Å². The molecule has 0 spiro atoms. The van der Waals surface area contributed by atoms with Crippen molar-refractivity contribution >= 4 is 42.3 Å². The fraction of sp³-hybridized carbons (Fsp3) is 0.562. The highest BCUT2D eigenvalue weighted by Crippen LogP contribution is 2.39. The molecule has 43 heavy (non-hydrogen) atoms. The third-order valence-electron chi connectivity index (χ3n) is 9.08. The standard InChI is InChI=1S/C32H42FN5O3.2ClH/c33-26-18-25(19-27(21-26)36-12-10-34-11-13-36)32(40)38-16-14-37(15-17-38)31(39)24-6-7-30(41-28-8-9-35-22-28)29(20-24)23-4-2-1-3-5-23;;/h6-7,18-21,23,28,34-35H,1-5,8-17,22H2;2*1H/t28-;;/m1../s1. The summed E-state index contributed by atoms with van der Waals surface area (Å²) >= 11 is 0. The average molecular weight is 637 g/mol. The predicted molar refractivity (Wildman–Crippen MR) is 172 cm³/mol. The zero-order valence-electron chi connectivity index (χ0n) is 24.7. The summed E-state index contributed by atoms with van der Waals surface area (Å²) in [5.41, 5.74) is 2.97. The Kier molecular flexibility index (Phi) is 11.9. The number of anilines is 1. The van der Waals surface area contributed by atoms with Crippen molar-refractivity contribution in [1.29, 1.82) is 0 Å². The molecule has 1 atom stereocenters. The number of halogens is 3. The maximum absolute atomic E-state index is 14.5. The van der Waals surface area contributed by atoms with Gasteiger partial charge in [0.05, 0.1) is 0 Å². The largest absolute Gasteiger partial charge is 0.489 e. The molecule has 0 bridgehead atoms. The number of hydrogen-bond acceptors (Lipinski definition) is 6. The van der Waals surface area contributed by atoms with Gasteiger partial charge in [0.2, 0.25) is 0 Å². The Bertz CT molecular complexity index is 1240. The zero-order chi connectivity index (χ0) is 28.2. The van der Waals surface area contributed by atoms with Crippen LogP contribution in [0.4, 0.5) is 10.1 Å². The molecule has 3 aliphatic heterocycles. The van der Waals surface area contributed by atoms with Crippen molar-refractivity contribution in [2.75, 3.05) is 70.3 Å². The minimum atomic E-state index is -0.399. The van der Waals surface area contributed by atoms with Gasteiger partial charge in [-0.05, 0) is 73.7 Å². The van der Waals surface area contributed by atoms with Crippen LogP contribution in [0.2, 0.25) is 0 Å². The number of piperazine rings is 2. The van der Waals surface area contributed by atoms with E-state index in [9.17, 15) is 14.0 Å². The molecule has 11 heteroatoms. The van der Waals surface area contributed by atoms with E-state index < -0.39 is 5.82 Å². The van der Waals surface area contributed by atoms with Gasteiger partial charge in [-0.2, -0.15) is 0 Å². The zero-order valence-corrected chi connectivity index (χ0v) is 26.3. The molecule has 1 saturated carbocycles. The van der Waals surface area contributed by atoms with E-state index in [4.69, 9.17) is 4.74 Å². The maximum Gasteiger partial charge on any atom is 0.254 e. The van der Waals surface area contributed by atoms with Crippen LogP contribution in [-0.2, 0) is 0 Å². The number of carbonyl (C=O) groups excluding carboxylic acids is 2. The summed E-state index contributed by atoms with van der Waals surface area (Å²) in [6.45, 7) is 6.84. The monoisotopic (exact) mass is 635 g/mol. The first-order chi connectivity index (χ1) is 20.0. The smallest absolute Gasteiger partial charge is 0.254 e. The van der Waals surface area contributed by atoms with E-state index in [0.717, 1.165) is 70.0 Å². The number of rotatable bonds is 6. The van der Waals surface area contributed by atoms with Crippen molar-refractivity contribution < 1.29 is 18.7 Å². The Morgan fingerprint density at radius 3 is 2.07 bits per heavy atom. The lowest BCUT2D eigenvalue weighted by Gasteiger charge is -2.35. The number of ether oxygens (including phenoxy) is 1. The summed E-state index contributed by atoms with van der Waals surface area (Å²) in [5.74, 6) is 0.759. The van der Waals surface area contributed by atoms with E-state index in [1.54, 1.807) is 11.0 Å². The van der Waals surface area contributed by atoms with E-state index in [0.29, 0.717) is 43.2 Å². The Hall–Kier alpha value is -2.59. The lowest BCUT2D eigenvalue weighted by Crippen LogP contribution is -2.50. The van der Waals surface area contributed by atoms with Crippen LogP contribution in [-0.4, -0.2) is 93.2 Å². The molecular formula is C32H44Cl2FN5O3. The molecule has 2 aromatic rings. The van der Waals surface area contributed by atoms with Gasteiger partial charge in [0, 0.05) is 75.7 Å². The van der Waals surface area contributed by atoms with E-state index in [-0.39, 0.29) is 42.7 Å². The highest BCUT2D eigenvalue weighted by molar-refractivity contribution is 5.97. The summed E-state index contributed by atoms with van der Waals surface area (Å²) in [5, 5.41) is 6.67. The second kappa shape index (κ2) is 15.4. The molecule has 8 nitrogen and oxygen atoms in total. The van der Waals surface area contributed by atoms with Gasteiger partial charge in [-0.1, -0.05) is 19.3 Å². The lowest BCUT2D eigenvalue weighted by molar-refractivity contribution is 0.0535. The van der Waals surface area contributed by atoms with Crippen molar-refractivity contribution in [3.05, 3.63) is 58.9 Å². The topological polar surface area (TPSA) is 77.2 Å². The third-order valence-corrected chi connectivity index (χ3v) is 9.08. The molecule has 2 aromatic carbocycles. The van der Waals surface area contributed by atoms with Crippen molar-refractivity contribution in [3.63, 3.8) is 0 Å². The van der Waals surface area contributed by atoms with E-state index >= 15 is 0 Å². The van der Waals surface area contributed by atoms with Gasteiger partial charge in [-0.25, -0.2) is 4.39 Å². The first kappa shape index (κ1) is 33.3. The van der Waals surface area contributed by atoms with E-state index in [1.807, 2.05) is 17.0 Å². The number of hydrogen-bond donors (Lipinski definition) is 2. The van der Waals surface area contributed by atoms with Gasteiger partial charge < -0.3 is 30.1 Å². The average Bonchev–Trinajstić information content (AvgIpc) is 3.54. The molecule has 4 aliphatic rings. The SMILES string of the molecule is Cl.Cl.O=C(c1cc(F)cc(N2CCNCC2)c1)N1CCN(C(=O)c2ccc(O[C@@H]3CCNC3)c(C3CCCCC3)c2)CC1. The van der Waals surface area contributed by atoms with Gasteiger partial charge in [-0.3, -0.25) is 9.59 Å². The summed E-state index contributed by atoms with van der Waals surface area (Å²) in [6.07, 6.45) is 7.14. The van der Waals surface area contributed by atoms with E-state index in [1.165, 1.54) is 37.0 Å². The number of amides is 2. The van der Waals surface area contributed by atoms with Gasteiger partial charge in [-0.15, -0.1) is 24.8 Å². The molecular weight excluding hydrogens is 592 g/mol. The van der Waals surface area contributed by atoms with Crippen LogP contribution in [0.1, 0.15) is 70.7 Å².